The topological polar surface area (TPSA) is 28.7 Å². The highest BCUT2D eigenvalue weighted by Gasteiger charge is 2.36. The van der Waals surface area contributed by atoms with Gasteiger partial charge >= 0.3 is 0 Å². The van der Waals surface area contributed by atoms with E-state index in [-0.39, 0.29) is 0 Å². The van der Waals surface area contributed by atoms with Crippen LogP contribution in [0, 0.1) is 0 Å². The van der Waals surface area contributed by atoms with Crippen LogP contribution in [0.5, 0.6) is 0 Å². The molecular formula is C18H24N2. The zero-order valence-corrected chi connectivity index (χ0v) is 12.6. The van der Waals surface area contributed by atoms with Crippen LogP contribution >= 0.6 is 0 Å². The molecule has 0 amide bonds. The van der Waals surface area contributed by atoms with Crippen molar-refractivity contribution in [2.24, 2.45) is 0 Å². The van der Waals surface area contributed by atoms with Crippen molar-refractivity contribution >= 4 is 17.1 Å². The number of benzene rings is 1. The molecule has 0 unspecified atom stereocenters. The van der Waals surface area contributed by atoms with Crippen molar-refractivity contribution in [2.45, 2.75) is 57.8 Å². The third-order valence-corrected chi connectivity index (χ3v) is 4.79. The van der Waals surface area contributed by atoms with E-state index in [1.54, 1.807) is 0 Å². The molecule has 0 saturated heterocycles. The second-order valence-corrected chi connectivity index (χ2v) is 6.01. The third-order valence-electron chi connectivity index (χ3n) is 4.79. The van der Waals surface area contributed by atoms with Crippen molar-refractivity contribution in [1.82, 2.24) is 9.97 Å². The first-order chi connectivity index (χ1) is 9.77. The maximum Gasteiger partial charge on any atom is 0.113 e. The van der Waals surface area contributed by atoms with Gasteiger partial charge in [0.1, 0.15) is 5.82 Å². The molecule has 1 aromatic carbocycles. The van der Waals surface area contributed by atoms with Crippen molar-refractivity contribution in [3.63, 3.8) is 0 Å². The van der Waals surface area contributed by atoms with Crippen LogP contribution in [0.2, 0.25) is 0 Å². The summed E-state index contributed by atoms with van der Waals surface area (Å²) in [5.41, 5.74) is 3.83. The van der Waals surface area contributed by atoms with E-state index in [1.165, 1.54) is 49.0 Å². The number of aromatic nitrogens is 2. The van der Waals surface area contributed by atoms with E-state index in [0.29, 0.717) is 5.41 Å². The van der Waals surface area contributed by atoms with Crippen LogP contribution in [0.1, 0.15) is 63.8 Å². The van der Waals surface area contributed by atoms with Gasteiger partial charge in [0, 0.05) is 5.41 Å². The molecule has 2 nitrogen and oxygen atoms in total. The molecule has 106 valence electrons. The SMILES string of the molecule is CC/C=C/c1ccc2[nH]c(C3(CC)CCCC3)nc2c1. The van der Waals surface area contributed by atoms with E-state index in [0.717, 1.165) is 11.9 Å². The average Bonchev–Trinajstić information content (AvgIpc) is 3.11. The lowest BCUT2D eigenvalue weighted by Crippen LogP contribution is -2.22. The number of nitrogens with zero attached hydrogens (tertiary/aromatic N) is 1. The van der Waals surface area contributed by atoms with E-state index < -0.39 is 0 Å². The van der Waals surface area contributed by atoms with Crippen LogP contribution in [-0.2, 0) is 5.41 Å². The molecular weight excluding hydrogens is 244 g/mol. The molecule has 1 saturated carbocycles. The summed E-state index contributed by atoms with van der Waals surface area (Å²) in [6, 6.07) is 6.53. The number of nitrogens with one attached hydrogen (secondary N) is 1. The van der Waals surface area contributed by atoms with E-state index in [4.69, 9.17) is 4.98 Å². The summed E-state index contributed by atoms with van der Waals surface area (Å²) in [6.07, 6.45) is 11.9. The minimum atomic E-state index is 0.304. The van der Waals surface area contributed by atoms with Crippen molar-refractivity contribution in [1.29, 1.82) is 0 Å². The number of hydrogen-bond donors (Lipinski definition) is 1. The summed E-state index contributed by atoms with van der Waals surface area (Å²) in [4.78, 5) is 8.49. The number of fused-ring (bicyclic) bond motifs is 1. The molecule has 2 aromatic rings. The maximum atomic E-state index is 4.92. The second kappa shape index (κ2) is 5.43. The van der Waals surface area contributed by atoms with E-state index in [2.05, 4.69) is 49.2 Å². The van der Waals surface area contributed by atoms with Crippen molar-refractivity contribution in [2.75, 3.05) is 0 Å². The Morgan fingerprint density at radius 3 is 2.75 bits per heavy atom. The summed E-state index contributed by atoms with van der Waals surface area (Å²) >= 11 is 0. The second-order valence-electron chi connectivity index (χ2n) is 6.01. The molecule has 1 aliphatic carbocycles. The van der Waals surface area contributed by atoms with Crippen LogP contribution in [0.3, 0.4) is 0 Å². The van der Waals surface area contributed by atoms with E-state index in [1.807, 2.05) is 0 Å². The van der Waals surface area contributed by atoms with Crippen molar-refractivity contribution in [3.8, 4) is 0 Å². The number of imidazole rings is 1. The van der Waals surface area contributed by atoms with Gasteiger partial charge in [-0.25, -0.2) is 4.98 Å². The van der Waals surface area contributed by atoms with Crippen molar-refractivity contribution < 1.29 is 0 Å². The highest BCUT2D eigenvalue weighted by Crippen LogP contribution is 2.42. The Bertz CT molecular complexity index is 615. The number of rotatable bonds is 4. The molecule has 0 radical (unpaired) electrons. The zero-order chi connectivity index (χ0) is 14.0. The molecule has 1 aromatic heterocycles. The van der Waals surface area contributed by atoms with Crippen molar-refractivity contribution in [3.05, 3.63) is 35.7 Å². The van der Waals surface area contributed by atoms with Gasteiger partial charge in [-0.3, -0.25) is 0 Å². The van der Waals surface area contributed by atoms with Gasteiger partial charge in [-0.15, -0.1) is 0 Å². The standard InChI is InChI=1S/C18H24N2/c1-3-5-8-14-9-10-15-16(13-14)20-17(19-15)18(4-2)11-6-7-12-18/h5,8-10,13H,3-4,6-7,11-12H2,1-2H3,(H,19,20)/b8-5+. The first-order valence-corrected chi connectivity index (χ1v) is 7.94. The predicted molar refractivity (Wildman–Crippen MR) is 85.9 cm³/mol. The molecule has 0 spiro atoms. The number of aromatic amines is 1. The van der Waals surface area contributed by atoms with Gasteiger partial charge in [-0.1, -0.05) is 44.9 Å². The normalized spacial score (nSPS) is 18.3. The van der Waals surface area contributed by atoms with Crippen LogP contribution < -0.4 is 0 Å². The molecule has 0 aliphatic heterocycles. The van der Waals surface area contributed by atoms with Crippen LogP contribution in [-0.4, -0.2) is 9.97 Å². The van der Waals surface area contributed by atoms with Gasteiger partial charge in [0.05, 0.1) is 11.0 Å². The average molecular weight is 268 g/mol. The van der Waals surface area contributed by atoms with E-state index >= 15 is 0 Å². The Kier molecular flexibility index (Phi) is 3.64. The lowest BCUT2D eigenvalue weighted by molar-refractivity contribution is 0.403. The highest BCUT2D eigenvalue weighted by atomic mass is 14.9. The Morgan fingerprint density at radius 2 is 2.05 bits per heavy atom. The summed E-state index contributed by atoms with van der Waals surface area (Å²) in [5.74, 6) is 1.21. The molecule has 0 bridgehead atoms. The van der Waals surface area contributed by atoms with E-state index in [9.17, 15) is 0 Å². The molecule has 1 fully saturated rings. The van der Waals surface area contributed by atoms with Gasteiger partial charge in [0.2, 0.25) is 0 Å². The quantitative estimate of drug-likeness (QED) is 0.810. The lowest BCUT2D eigenvalue weighted by atomic mass is 9.83. The van der Waals surface area contributed by atoms with Gasteiger partial charge in [0.25, 0.3) is 0 Å². The van der Waals surface area contributed by atoms with Gasteiger partial charge in [0.15, 0.2) is 0 Å². The fourth-order valence-corrected chi connectivity index (χ4v) is 3.44. The first-order valence-electron chi connectivity index (χ1n) is 7.94. The number of H-pyrrole nitrogens is 1. The first kappa shape index (κ1) is 13.4. The minimum Gasteiger partial charge on any atom is -0.342 e. The maximum absolute atomic E-state index is 4.92. The predicted octanol–water partition coefficient (Wildman–Crippen LogP) is 5.21. The lowest BCUT2D eigenvalue weighted by Gasteiger charge is -2.24. The molecule has 1 N–H and O–H groups in total. The summed E-state index contributed by atoms with van der Waals surface area (Å²) in [5, 5.41) is 0. The molecule has 1 aliphatic rings. The molecule has 0 atom stereocenters. The Hall–Kier alpha value is -1.57. The van der Waals surface area contributed by atoms with Crippen LogP contribution in [0.4, 0.5) is 0 Å². The fraction of sp³-hybridized carbons (Fsp3) is 0.500. The molecule has 3 rings (SSSR count). The zero-order valence-electron chi connectivity index (χ0n) is 12.6. The number of allylic oxidation sites excluding steroid dienone is 1. The molecule has 1 heterocycles. The largest absolute Gasteiger partial charge is 0.342 e. The molecule has 2 heteroatoms. The van der Waals surface area contributed by atoms with Gasteiger partial charge < -0.3 is 4.98 Å². The molecule has 20 heavy (non-hydrogen) atoms. The summed E-state index contributed by atoms with van der Waals surface area (Å²) in [7, 11) is 0. The monoisotopic (exact) mass is 268 g/mol. The Labute approximate surface area is 121 Å². The van der Waals surface area contributed by atoms with Gasteiger partial charge in [-0.05, 0) is 43.4 Å². The summed E-state index contributed by atoms with van der Waals surface area (Å²) < 4.78 is 0. The minimum absolute atomic E-state index is 0.304. The smallest absolute Gasteiger partial charge is 0.113 e. The van der Waals surface area contributed by atoms with Crippen LogP contribution in [0.15, 0.2) is 24.3 Å². The summed E-state index contributed by atoms with van der Waals surface area (Å²) in [6.45, 7) is 4.46. The highest BCUT2D eigenvalue weighted by molar-refractivity contribution is 5.78. The Morgan fingerprint density at radius 1 is 1.25 bits per heavy atom. The van der Waals surface area contributed by atoms with Gasteiger partial charge in [-0.2, -0.15) is 0 Å². The van der Waals surface area contributed by atoms with Crippen LogP contribution in [0.25, 0.3) is 17.1 Å². The fourth-order valence-electron chi connectivity index (χ4n) is 3.44. The third kappa shape index (κ3) is 2.28. The number of hydrogen-bond acceptors (Lipinski definition) is 1. The Balaban J connectivity index is 2.00.